The molecule has 0 saturated carbocycles. The van der Waals surface area contributed by atoms with Gasteiger partial charge < -0.3 is 5.11 Å². The minimum Gasteiger partial charge on any atom is -0.477 e. The Morgan fingerprint density at radius 2 is 2.06 bits per heavy atom. The third-order valence-corrected chi connectivity index (χ3v) is 3.70. The maximum atomic E-state index is 11.1. The van der Waals surface area contributed by atoms with Gasteiger partial charge in [0.2, 0.25) is 0 Å². The van der Waals surface area contributed by atoms with E-state index in [1.807, 2.05) is 17.5 Å². The van der Waals surface area contributed by atoms with Crippen LogP contribution in [0.5, 0.6) is 0 Å². The molecule has 0 aliphatic heterocycles. The van der Waals surface area contributed by atoms with Gasteiger partial charge in [-0.15, -0.1) is 11.3 Å². The van der Waals surface area contributed by atoms with Gasteiger partial charge in [-0.2, -0.15) is 0 Å². The number of carbonyl (C=O) groups is 1. The molecule has 0 aliphatic rings. The van der Waals surface area contributed by atoms with Gasteiger partial charge in [0.15, 0.2) is 10.7 Å². The number of hydrogen-bond donors (Lipinski definition) is 1. The summed E-state index contributed by atoms with van der Waals surface area (Å²) in [6.45, 7) is 0. The molecule has 4 nitrogen and oxygen atoms in total. The summed E-state index contributed by atoms with van der Waals surface area (Å²) in [6.07, 6.45) is 1.37. The summed E-state index contributed by atoms with van der Waals surface area (Å²) in [5.74, 6) is -0.990. The fourth-order valence-corrected chi connectivity index (χ4v) is 2.78. The zero-order valence-electron chi connectivity index (χ0n) is 9.00. The van der Waals surface area contributed by atoms with E-state index in [0.29, 0.717) is 9.98 Å². The van der Waals surface area contributed by atoms with E-state index in [1.165, 1.54) is 17.5 Å². The number of carboxylic acids is 1. The van der Waals surface area contributed by atoms with Crippen LogP contribution in [0.3, 0.4) is 0 Å². The maximum absolute atomic E-state index is 11.1. The van der Waals surface area contributed by atoms with Crippen molar-refractivity contribution in [2.24, 2.45) is 0 Å². The largest absolute Gasteiger partial charge is 0.477 e. The van der Waals surface area contributed by atoms with Crippen LogP contribution in [0.1, 0.15) is 10.5 Å². The Hall–Kier alpha value is -1.85. The Kier molecular flexibility index (Phi) is 2.57. The second-order valence-electron chi connectivity index (χ2n) is 3.69. The molecule has 0 fully saturated rings. The number of fused-ring (bicyclic) bond motifs is 1. The second kappa shape index (κ2) is 4.12. The van der Waals surface area contributed by atoms with Gasteiger partial charge in [0.25, 0.3) is 0 Å². The molecule has 0 bridgehead atoms. The van der Waals surface area contributed by atoms with E-state index in [1.54, 1.807) is 16.5 Å². The van der Waals surface area contributed by atoms with Crippen molar-refractivity contribution in [3.05, 3.63) is 46.6 Å². The molecule has 3 aromatic rings. The number of hydrogen-bond acceptors (Lipinski definition) is 3. The molecule has 2 aromatic heterocycles. The summed E-state index contributed by atoms with van der Waals surface area (Å²) in [4.78, 5) is 15.9. The summed E-state index contributed by atoms with van der Waals surface area (Å²) in [5, 5.41) is 11.7. The molecule has 0 amide bonds. The van der Waals surface area contributed by atoms with Crippen LogP contribution in [0.4, 0.5) is 0 Å². The highest BCUT2D eigenvalue weighted by Gasteiger charge is 2.16. The Bertz CT molecular complexity index is 730. The zero-order chi connectivity index (χ0) is 12.7. The molecular weight excluding hydrogens is 272 g/mol. The van der Waals surface area contributed by atoms with Crippen molar-refractivity contribution in [3.63, 3.8) is 0 Å². The fourth-order valence-electron chi connectivity index (χ4n) is 1.78. The highest BCUT2D eigenvalue weighted by molar-refractivity contribution is 7.15. The van der Waals surface area contributed by atoms with E-state index in [2.05, 4.69) is 4.98 Å². The Labute approximate surface area is 111 Å². The second-order valence-corrected chi connectivity index (χ2v) is 4.97. The van der Waals surface area contributed by atoms with Crippen LogP contribution >= 0.6 is 22.9 Å². The van der Waals surface area contributed by atoms with Crippen LogP contribution in [0.25, 0.3) is 16.2 Å². The van der Waals surface area contributed by atoms with Crippen molar-refractivity contribution in [3.8, 4) is 11.3 Å². The predicted molar refractivity (Wildman–Crippen MR) is 70.5 cm³/mol. The highest BCUT2D eigenvalue weighted by Crippen LogP contribution is 2.28. The third kappa shape index (κ3) is 1.68. The van der Waals surface area contributed by atoms with E-state index in [4.69, 9.17) is 16.7 Å². The van der Waals surface area contributed by atoms with Crippen molar-refractivity contribution in [2.75, 3.05) is 0 Å². The molecule has 90 valence electrons. The normalized spacial score (nSPS) is 10.9. The molecular formula is C12H7ClN2O2S. The lowest BCUT2D eigenvalue weighted by Crippen LogP contribution is -2.01. The lowest BCUT2D eigenvalue weighted by molar-refractivity contribution is 0.0689. The molecule has 0 radical (unpaired) electrons. The minimum atomic E-state index is -0.990. The van der Waals surface area contributed by atoms with Gasteiger partial charge >= 0.3 is 5.97 Å². The van der Waals surface area contributed by atoms with Crippen LogP contribution in [-0.2, 0) is 0 Å². The Balaban J connectivity index is 2.25. The lowest BCUT2D eigenvalue weighted by atomic mass is 10.2. The first-order chi connectivity index (χ1) is 8.66. The van der Waals surface area contributed by atoms with Gasteiger partial charge in [-0.05, 0) is 17.7 Å². The van der Waals surface area contributed by atoms with Crippen molar-refractivity contribution >= 4 is 33.9 Å². The fraction of sp³-hybridized carbons (Fsp3) is 0. The smallest absolute Gasteiger partial charge is 0.354 e. The van der Waals surface area contributed by atoms with Gasteiger partial charge in [0, 0.05) is 10.4 Å². The molecule has 0 unspecified atom stereocenters. The first-order valence-corrected chi connectivity index (χ1v) is 6.37. The number of carboxylic acid groups (broad SMARTS) is 1. The zero-order valence-corrected chi connectivity index (χ0v) is 10.6. The monoisotopic (exact) mass is 278 g/mol. The van der Waals surface area contributed by atoms with Gasteiger partial charge in [0.05, 0.1) is 11.9 Å². The van der Waals surface area contributed by atoms with Crippen LogP contribution in [-0.4, -0.2) is 20.5 Å². The van der Waals surface area contributed by atoms with E-state index < -0.39 is 5.97 Å². The number of nitrogens with zero attached hydrogens (tertiary/aromatic N) is 2. The minimum absolute atomic E-state index is 0.163. The number of aromatic carboxylic acids is 1. The molecule has 18 heavy (non-hydrogen) atoms. The number of halogens is 1. The van der Waals surface area contributed by atoms with Crippen LogP contribution in [0, 0.1) is 0 Å². The Morgan fingerprint density at radius 3 is 2.72 bits per heavy atom. The van der Waals surface area contributed by atoms with Crippen molar-refractivity contribution in [1.29, 1.82) is 0 Å². The molecule has 6 heteroatoms. The van der Waals surface area contributed by atoms with Crippen LogP contribution < -0.4 is 0 Å². The molecule has 0 atom stereocenters. The molecule has 0 aliphatic carbocycles. The Morgan fingerprint density at radius 1 is 1.33 bits per heavy atom. The van der Waals surface area contributed by atoms with E-state index in [-0.39, 0.29) is 5.69 Å². The summed E-state index contributed by atoms with van der Waals surface area (Å²) < 4.78 is 1.64. The summed E-state index contributed by atoms with van der Waals surface area (Å²) >= 11 is 7.25. The average Bonchev–Trinajstić information content (AvgIpc) is 2.90. The van der Waals surface area contributed by atoms with E-state index in [9.17, 15) is 4.79 Å². The SMILES string of the molecule is O=C(O)c1cnc2scc(-c3ccc(Cl)cc3)n12. The van der Waals surface area contributed by atoms with Crippen LogP contribution in [0.15, 0.2) is 35.8 Å². The quantitative estimate of drug-likeness (QED) is 0.781. The van der Waals surface area contributed by atoms with Gasteiger partial charge in [-0.25, -0.2) is 9.78 Å². The first kappa shape index (κ1) is 11.3. The number of aromatic nitrogens is 2. The van der Waals surface area contributed by atoms with Gasteiger partial charge in [0.1, 0.15) is 0 Å². The molecule has 1 N–H and O–H groups in total. The highest BCUT2D eigenvalue weighted by atomic mass is 35.5. The molecule has 0 spiro atoms. The van der Waals surface area contributed by atoms with E-state index in [0.717, 1.165) is 11.3 Å². The van der Waals surface area contributed by atoms with Gasteiger partial charge in [-0.1, -0.05) is 23.7 Å². The first-order valence-electron chi connectivity index (χ1n) is 5.11. The number of benzene rings is 1. The van der Waals surface area contributed by atoms with Crippen molar-refractivity contribution < 1.29 is 9.90 Å². The van der Waals surface area contributed by atoms with Crippen molar-refractivity contribution in [1.82, 2.24) is 9.38 Å². The molecule has 2 heterocycles. The average molecular weight is 279 g/mol. The molecule has 3 rings (SSSR count). The number of imidazole rings is 1. The summed E-state index contributed by atoms with van der Waals surface area (Å²) in [5.41, 5.74) is 1.88. The van der Waals surface area contributed by atoms with Crippen molar-refractivity contribution in [2.45, 2.75) is 0 Å². The van der Waals surface area contributed by atoms with Crippen LogP contribution in [0.2, 0.25) is 5.02 Å². The topological polar surface area (TPSA) is 54.6 Å². The standard InChI is InChI=1S/C12H7ClN2O2S/c13-8-3-1-7(2-4-8)10-6-18-12-14-5-9(11(16)17)15(10)12/h1-6H,(H,16,17). The molecule has 0 saturated heterocycles. The summed E-state index contributed by atoms with van der Waals surface area (Å²) in [6, 6.07) is 7.26. The third-order valence-electron chi connectivity index (χ3n) is 2.61. The maximum Gasteiger partial charge on any atom is 0.354 e. The van der Waals surface area contributed by atoms with Gasteiger partial charge in [-0.3, -0.25) is 4.40 Å². The van der Waals surface area contributed by atoms with E-state index >= 15 is 0 Å². The predicted octanol–water partition coefficient (Wildman–Crippen LogP) is 3.41. The summed E-state index contributed by atoms with van der Waals surface area (Å²) in [7, 11) is 0. The number of rotatable bonds is 2. The number of thiazole rings is 1. The molecule has 1 aromatic carbocycles. The lowest BCUT2D eigenvalue weighted by Gasteiger charge is -2.01.